The Bertz CT molecular complexity index is 768. The lowest BCUT2D eigenvalue weighted by Gasteiger charge is -2.12. The number of rotatable bonds is 9. The van der Waals surface area contributed by atoms with Crippen LogP contribution in [0, 0.1) is 0 Å². The van der Waals surface area contributed by atoms with Crippen molar-refractivity contribution in [2.24, 2.45) is 0 Å². The van der Waals surface area contributed by atoms with Crippen molar-refractivity contribution in [2.45, 2.75) is 20.1 Å². The van der Waals surface area contributed by atoms with Crippen LogP contribution in [0.5, 0.6) is 11.5 Å². The van der Waals surface area contributed by atoms with Gasteiger partial charge in [0.25, 0.3) is 5.91 Å². The molecule has 0 aliphatic carbocycles. The highest BCUT2D eigenvalue weighted by atomic mass is 19.3. The quantitative estimate of drug-likeness (QED) is 0.678. The molecule has 0 unspecified atom stereocenters. The van der Waals surface area contributed by atoms with Crippen LogP contribution in [0.1, 0.15) is 22.8 Å². The molecule has 0 saturated carbocycles. The van der Waals surface area contributed by atoms with Gasteiger partial charge in [-0.05, 0) is 30.7 Å². The molecule has 0 fully saturated rings. The van der Waals surface area contributed by atoms with E-state index in [-0.39, 0.29) is 23.7 Å². The van der Waals surface area contributed by atoms with E-state index in [0.29, 0.717) is 6.54 Å². The monoisotopic (exact) mass is 379 g/mol. The fourth-order valence-corrected chi connectivity index (χ4v) is 2.16. The fourth-order valence-electron chi connectivity index (χ4n) is 2.16. The van der Waals surface area contributed by atoms with Gasteiger partial charge in [-0.2, -0.15) is 8.78 Å². The van der Waals surface area contributed by atoms with Crippen molar-refractivity contribution >= 4 is 11.9 Å². The van der Waals surface area contributed by atoms with Gasteiger partial charge in [0.1, 0.15) is 0 Å². The van der Waals surface area contributed by atoms with Gasteiger partial charge in [-0.3, -0.25) is 4.79 Å². The molecule has 2 rings (SSSR count). The highest BCUT2D eigenvalue weighted by Crippen LogP contribution is 2.30. The van der Waals surface area contributed by atoms with E-state index < -0.39 is 25.1 Å². The number of hydrogen-bond donors (Lipinski definition) is 1. The van der Waals surface area contributed by atoms with Crippen molar-refractivity contribution in [3.63, 3.8) is 0 Å². The predicted molar refractivity (Wildman–Crippen MR) is 92.8 cm³/mol. The van der Waals surface area contributed by atoms with E-state index in [1.165, 1.54) is 18.2 Å². The maximum Gasteiger partial charge on any atom is 0.387 e. The highest BCUT2D eigenvalue weighted by molar-refractivity contribution is 5.92. The van der Waals surface area contributed by atoms with Crippen LogP contribution in [0.25, 0.3) is 0 Å². The standard InChI is InChI=1S/C19H19F2NO5/c1-2-25-16-10-14(8-9-15(16)27-19(20)21)18(24)26-12-17(23)22-11-13-6-4-3-5-7-13/h3-10,19H,2,11-12H2,1H3,(H,22,23). The van der Waals surface area contributed by atoms with Crippen molar-refractivity contribution in [3.8, 4) is 11.5 Å². The maximum absolute atomic E-state index is 12.4. The second-order valence-electron chi connectivity index (χ2n) is 5.31. The zero-order valence-corrected chi connectivity index (χ0v) is 14.6. The van der Waals surface area contributed by atoms with Gasteiger partial charge in [-0.15, -0.1) is 0 Å². The predicted octanol–water partition coefficient (Wildman–Crippen LogP) is 3.16. The molecule has 1 amide bonds. The first-order valence-corrected chi connectivity index (χ1v) is 8.19. The summed E-state index contributed by atoms with van der Waals surface area (Å²) >= 11 is 0. The fraction of sp³-hybridized carbons (Fsp3) is 0.263. The number of carbonyl (C=O) groups excluding carboxylic acids is 2. The minimum absolute atomic E-state index is 0.0132. The molecule has 0 saturated heterocycles. The van der Waals surface area contributed by atoms with E-state index >= 15 is 0 Å². The van der Waals surface area contributed by atoms with Gasteiger partial charge >= 0.3 is 12.6 Å². The first kappa shape index (κ1) is 20.2. The molecule has 144 valence electrons. The minimum atomic E-state index is -3.02. The Morgan fingerprint density at radius 1 is 1.07 bits per heavy atom. The van der Waals surface area contributed by atoms with E-state index in [1.807, 2.05) is 30.3 Å². The summed E-state index contributed by atoms with van der Waals surface area (Å²) in [5.41, 5.74) is 0.962. The van der Waals surface area contributed by atoms with Crippen molar-refractivity contribution in [3.05, 3.63) is 59.7 Å². The molecule has 0 aliphatic rings. The van der Waals surface area contributed by atoms with Gasteiger partial charge in [-0.1, -0.05) is 30.3 Å². The summed E-state index contributed by atoms with van der Waals surface area (Å²) in [5.74, 6) is -1.45. The third-order valence-electron chi connectivity index (χ3n) is 3.36. The van der Waals surface area contributed by atoms with Crippen molar-refractivity contribution in [2.75, 3.05) is 13.2 Å². The summed E-state index contributed by atoms with van der Waals surface area (Å²) in [4.78, 5) is 23.8. The molecule has 0 aliphatic heterocycles. The Balaban J connectivity index is 1.90. The van der Waals surface area contributed by atoms with Gasteiger partial charge < -0.3 is 19.5 Å². The first-order chi connectivity index (χ1) is 13.0. The number of halogens is 2. The summed E-state index contributed by atoms with van der Waals surface area (Å²) < 4.78 is 39.2. The van der Waals surface area contributed by atoms with Gasteiger partial charge in [-0.25, -0.2) is 4.79 Å². The molecule has 0 atom stereocenters. The zero-order chi connectivity index (χ0) is 19.6. The molecule has 2 aromatic carbocycles. The lowest BCUT2D eigenvalue weighted by Crippen LogP contribution is -2.28. The smallest absolute Gasteiger partial charge is 0.387 e. The molecular weight excluding hydrogens is 360 g/mol. The van der Waals surface area contributed by atoms with Crippen molar-refractivity contribution < 1.29 is 32.6 Å². The van der Waals surface area contributed by atoms with E-state index in [9.17, 15) is 18.4 Å². The van der Waals surface area contributed by atoms with Crippen molar-refractivity contribution in [1.82, 2.24) is 5.32 Å². The third-order valence-corrected chi connectivity index (χ3v) is 3.36. The second kappa shape index (κ2) is 10.1. The van der Waals surface area contributed by atoms with Crippen LogP contribution in [0.15, 0.2) is 48.5 Å². The summed E-state index contributed by atoms with van der Waals surface area (Å²) in [6, 6.07) is 12.9. The van der Waals surface area contributed by atoms with Crippen LogP contribution in [0.3, 0.4) is 0 Å². The average Bonchev–Trinajstić information content (AvgIpc) is 2.66. The summed E-state index contributed by atoms with van der Waals surface area (Å²) in [7, 11) is 0. The Kier molecular flexibility index (Phi) is 7.54. The van der Waals surface area contributed by atoms with Crippen LogP contribution in [0.2, 0.25) is 0 Å². The SMILES string of the molecule is CCOc1cc(C(=O)OCC(=O)NCc2ccccc2)ccc1OC(F)F. The zero-order valence-electron chi connectivity index (χ0n) is 14.6. The molecule has 6 nitrogen and oxygen atoms in total. The number of benzene rings is 2. The Morgan fingerprint density at radius 2 is 1.81 bits per heavy atom. The van der Waals surface area contributed by atoms with Crippen LogP contribution in [-0.4, -0.2) is 31.7 Å². The number of hydrogen-bond acceptors (Lipinski definition) is 5. The molecular formula is C19H19F2NO5. The summed E-state index contributed by atoms with van der Waals surface area (Å²) in [6.07, 6.45) is 0. The number of nitrogens with one attached hydrogen (secondary N) is 1. The van der Waals surface area contributed by atoms with E-state index in [2.05, 4.69) is 10.1 Å². The highest BCUT2D eigenvalue weighted by Gasteiger charge is 2.16. The molecule has 0 bridgehead atoms. The lowest BCUT2D eigenvalue weighted by molar-refractivity contribution is -0.124. The number of alkyl halides is 2. The van der Waals surface area contributed by atoms with E-state index in [1.54, 1.807) is 6.92 Å². The molecule has 8 heteroatoms. The Morgan fingerprint density at radius 3 is 2.48 bits per heavy atom. The summed E-state index contributed by atoms with van der Waals surface area (Å²) in [6.45, 7) is -1.32. The van der Waals surface area contributed by atoms with Crippen LogP contribution in [0.4, 0.5) is 8.78 Å². The maximum atomic E-state index is 12.4. The molecule has 27 heavy (non-hydrogen) atoms. The molecule has 1 N–H and O–H groups in total. The minimum Gasteiger partial charge on any atom is -0.490 e. The van der Waals surface area contributed by atoms with Crippen LogP contribution in [-0.2, 0) is 16.1 Å². The van der Waals surface area contributed by atoms with Crippen LogP contribution >= 0.6 is 0 Å². The third kappa shape index (κ3) is 6.58. The Labute approximate surface area is 155 Å². The van der Waals surface area contributed by atoms with Gasteiger partial charge in [0, 0.05) is 6.54 Å². The van der Waals surface area contributed by atoms with Gasteiger partial charge in [0.2, 0.25) is 0 Å². The average molecular weight is 379 g/mol. The Hall–Kier alpha value is -3.16. The topological polar surface area (TPSA) is 73.9 Å². The first-order valence-electron chi connectivity index (χ1n) is 8.19. The molecule has 2 aromatic rings. The normalized spacial score (nSPS) is 10.4. The van der Waals surface area contributed by atoms with Gasteiger partial charge in [0.05, 0.1) is 12.2 Å². The summed E-state index contributed by atoms with van der Waals surface area (Å²) in [5, 5.41) is 2.62. The van der Waals surface area contributed by atoms with Crippen molar-refractivity contribution in [1.29, 1.82) is 0 Å². The largest absolute Gasteiger partial charge is 0.490 e. The second-order valence-corrected chi connectivity index (χ2v) is 5.31. The molecule has 0 aromatic heterocycles. The molecule has 0 radical (unpaired) electrons. The molecule has 0 heterocycles. The number of amides is 1. The van der Waals surface area contributed by atoms with Gasteiger partial charge in [0.15, 0.2) is 18.1 Å². The number of ether oxygens (including phenoxy) is 3. The van der Waals surface area contributed by atoms with E-state index in [4.69, 9.17) is 9.47 Å². The molecule has 0 spiro atoms. The number of carbonyl (C=O) groups is 2. The number of esters is 1. The van der Waals surface area contributed by atoms with Crippen LogP contribution < -0.4 is 14.8 Å². The lowest BCUT2D eigenvalue weighted by atomic mass is 10.2. The van der Waals surface area contributed by atoms with E-state index in [0.717, 1.165) is 5.56 Å².